The second-order valence-electron chi connectivity index (χ2n) is 8.09. The zero-order valence-electron chi connectivity index (χ0n) is 17.8. The number of nitrogens with zero attached hydrogens (tertiary/aromatic N) is 1. The summed E-state index contributed by atoms with van der Waals surface area (Å²) in [6, 6.07) is 29.0. The molecule has 0 spiro atoms. The fraction of sp³-hybridized carbons (Fsp3) is 0. The van der Waals surface area contributed by atoms with Gasteiger partial charge in [-0.2, -0.15) is 0 Å². The summed E-state index contributed by atoms with van der Waals surface area (Å²) in [7, 11) is 0. The van der Waals surface area contributed by atoms with Crippen LogP contribution in [0.3, 0.4) is 0 Å². The highest BCUT2D eigenvalue weighted by Crippen LogP contribution is 2.34. The van der Waals surface area contributed by atoms with Crippen LogP contribution in [0, 0.1) is 0 Å². The Hall–Kier alpha value is -3.86. The van der Waals surface area contributed by atoms with Gasteiger partial charge in [-0.25, -0.2) is 4.98 Å². The fourth-order valence-electron chi connectivity index (χ4n) is 4.26. The molecule has 1 heterocycles. The summed E-state index contributed by atoms with van der Waals surface area (Å²) in [5, 5.41) is 8.44. The summed E-state index contributed by atoms with van der Waals surface area (Å²) in [6.07, 6.45) is 0. The van der Waals surface area contributed by atoms with E-state index in [4.69, 9.17) is 23.2 Å². The maximum absolute atomic E-state index is 13.2. The second kappa shape index (κ2) is 8.17. The number of carbonyl (C=O) groups is 1. The number of benzene rings is 5. The van der Waals surface area contributed by atoms with Gasteiger partial charge in [0.2, 0.25) is 0 Å². The molecule has 0 aliphatic heterocycles. The normalized spacial score (nSPS) is 11.4. The lowest BCUT2D eigenvalue weighted by Gasteiger charge is -2.10. The van der Waals surface area contributed by atoms with E-state index in [1.54, 1.807) is 30.3 Å². The summed E-state index contributed by atoms with van der Waals surface area (Å²) >= 11 is 12.7. The molecular formula is C28H17Cl2N3O. The van der Waals surface area contributed by atoms with Gasteiger partial charge in [0.15, 0.2) is 0 Å². The van der Waals surface area contributed by atoms with Gasteiger partial charge in [0.1, 0.15) is 5.82 Å². The van der Waals surface area contributed by atoms with Crippen molar-refractivity contribution < 1.29 is 4.79 Å². The first kappa shape index (κ1) is 20.7. The summed E-state index contributed by atoms with van der Waals surface area (Å²) < 4.78 is 0. The van der Waals surface area contributed by atoms with Crippen LogP contribution in [0.5, 0.6) is 0 Å². The minimum atomic E-state index is -0.200. The standard InChI is InChI=1S/C28H17Cl2N3O/c29-21-8-4-9-22(30)26(21)27-31-24-12-11-19(15-25(24)32-27)28(34)33-23-10-3-7-18-13-16-5-1-2-6-17(16)14-20(18)23/h1-15H,(H,31,32)(H,33,34). The topological polar surface area (TPSA) is 57.8 Å². The number of anilines is 1. The molecule has 4 nitrogen and oxygen atoms in total. The van der Waals surface area contributed by atoms with Gasteiger partial charge in [-0.15, -0.1) is 0 Å². The van der Waals surface area contributed by atoms with E-state index < -0.39 is 0 Å². The fourth-order valence-corrected chi connectivity index (χ4v) is 4.84. The van der Waals surface area contributed by atoms with Gasteiger partial charge in [-0.1, -0.05) is 65.7 Å². The largest absolute Gasteiger partial charge is 0.338 e. The van der Waals surface area contributed by atoms with E-state index in [2.05, 4.69) is 45.6 Å². The maximum Gasteiger partial charge on any atom is 0.255 e. The van der Waals surface area contributed by atoms with Crippen LogP contribution < -0.4 is 5.32 Å². The number of halogens is 2. The number of hydrogen-bond donors (Lipinski definition) is 2. The minimum Gasteiger partial charge on any atom is -0.338 e. The molecule has 34 heavy (non-hydrogen) atoms. The number of fused-ring (bicyclic) bond motifs is 3. The Morgan fingerprint density at radius 2 is 1.47 bits per heavy atom. The number of hydrogen-bond acceptors (Lipinski definition) is 2. The van der Waals surface area contributed by atoms with Gasteiger partial charge in [-0.3, -0.25) is 4.79 Å². The molecule has 1 amide bonds. The predicted octanol–water partition coefficient (Wildman–Crippen LogP) is 8.10. The summed E-state index contributed by atoms with van der Waals surface area (Å²) in [5.74, 6) is 0.360. The third kappa shape index (κ3) is 3.58. The van der Waals surface area contributed by atoms with Crippen LogP contribution in [-0.2, 0) is 0 Å². The molecule has 0 unspecified atom stereocenters. The molecule has 2 N–H and O–H groups in total. The molecule has 0 aliphatic rings. The number of H-pyrrole nitrogens is 1. The maximum atomic E-state index is 13.2. The lowest BCUT2D eigenvalue weighted by molar-refractivity contribution is 0.102. The van der Waals surface area contributed by atoms with Crippen LogP contribution in [0.1, 0.15) is 10.4 Å². The van der Waals surface area contributed by atoms with Crippen LogP contribution >= 0.6 is 23.2 Å². The number of nitrogens with one attached hydrogen (secondary N) is 2. The van der Waals surface area contributed by atoms with Crippen LogP contribution in [-0.4, -0.2) is 15.9 Å². The van der Waals surface area contributed by atoms with E-state index in [0.29, 0.717) is 27.0 Å². The highest BCUT2D eigenvalue weighted by Gasteiger charge is 2.15. The van der Waals surface area contributed by atoms with Crippen molar-refractivity contribution in [2.45, 2.75) is 0 Å². The van der Waals surface area contributed by atoms with E-state index in [-0.39, 0.29) is 5.91 Å². The number of rotatable bonds is 3. The quantitative estimate of drug-likeness (QED) is 0.251. The molecule has 0 fully saturated rings. The van der Waals surface area contributed by atoms with Crippen LogP contribution in [0.15, 0.2) is 91.0 Å². The Morgan fingerprint density at radius 1 is 0.765 bits per heavy atom. The van der Waals surface area contributed by atoms with Crippen molar-refractivity contribution in [2.75, 3.05) is 5.32 Å². The first-order chi connectivity index (χ1) is 16.6. The molecule has 0 radical (unpaired) electrons. The van der Waals surface area contributed by atoms with Gasteiger partial charge < -0.3 is 10.3 Å². The Morgan fingerprint density at radius 3 is 2.26 bits per heavy atom. The zero-order valence-corrected chi connectivity index (χ0v) is 19.3. The molecule has 1 aromatic heterocycles. The first-order valence-electron chi connectivity index (χ1n) is 10.7. The van der Waals surface area contributed by atoms with Gasteiger partial charge in [0, 0.05) is 16.6 Å². The van der Waals surface area contributed by atoms with E-state index in [1.165, 1.54) is 0 Å². The predicted molar refractivity (Wildman–Crippen MR) is 141 cm³/mol. The highest BCUT2D eigenvalue weighted by atomic mass is 35.5. The molecule has 6 heteroatoms. The molecule has 6 aromatic rings. The van der Waals surface area contributed by atoms with Gasteiger partial charge in [0.25, 0.3) is 5.91 Å². The van der Waals surface area contributed by atoms with Crippen molar-refractivity contribution in [3.05, 3.63) is 107 Å². The van der Waals surface area contributed by atoms with E-state index in [9.17, 15) is 4.79 Å². The summed E-state index contributed by atoms with van der Waals surface area (Å²) in [6.45, 7) is 0. The van der Waals surface area contributed by atoms with Gasteiger partial charge in [-0.05, 0) is 64.7 Å². The molecule has 5 aromatic carbocycles. The molecule has 0 bridgehead atoms. The number of carbonyl (C=O) groups excluding carboxylic acids is 1. The van der Waals surface area contributed by atoms with E-state index in [1.807, 2.05) is 30.3 Å². The smallest absolute Gasteiger partial charge is 0.255 e. The molecule has 0 saturated carbocycles. The number of imidazole rings is 1. The monoisotopic (exact) mass is 481 g/mol. The average Bonchev–Trinajstić information content (AvgIpc) is 3.25. The number of amides is 1. The molecule has 0 aliphatic carbocycles. The van der Waals surface area contributed by atoms with Crippen molar-refractivity contribution >= 4 is 67.4 Å². The highest BCUT2D eigenvalue weighted by molar-refractivity contribution is 6.39. The Labute approximate surface area is 205 Å². The van der Waals surface area contributed by atoms with Gasteiger partial charge >= 0.3 is 0 Å². The minimum absolute atomic E-state index is 0.200. The van der Waals surface area contributed by atoms with Crippen molar-refractivity contribution in [1.29, 1.82) is 0 Å². The van der Waals surface area contributed by atoms with Crippen molar-refractivity contribution in [3.63, 3.8) is 0 Å². The van der Waals surface area contributed by atoms with Crippen LogP contribution in [0.2, 0.25) is 10.0 Å². The Kier molecular flexibility index (Phi) is 4.98. The lowest BCUT2D eigenvalue weighted by atomic mass is 10.0. The molecular weight excluding hydrogens is 465 g/mol. The SMILES string of the molecule is O=C(Nc1cccc2cc3ccccc3cc12)c1ccc2nc(-c3c(Cl)cccc3Cl)[nH]c2c1. The molecule has 6 rings (SSSR count). The summed E-state index contributed by atoms with van der Waals surface area (Å²) in [5.41, 5.74) is 3.37. The van der Waals surface area contributed by atoms with E-state index >= 15 is 0 Å². The van der Waals surface area contributed by atoms with Crippen molar-refractivity contribution in [2.24, 2.45) is 0 Å². The van der Waals surface area contributed by atoms with Crippen LogP contribution in [0.4, 0.5) is 5.69 Å². The number of aromatic nitrogens is 2. The van der Waals surface area contributed by atoms with Crippen molar-refractivity contribution in [3.8, 4) is 11.4 Å². The Balaban J connectivity index is 1.36. The second-order valence-corrected chi connectivity index (χ2v) is 8.91. The van der Waals surface area contributed by atoms with E-state index in [0.717, 1.165) is 38.3 Å². The molecule has 164 valence electrons. The Bertz CT molecular complexity index is 1720. The summed E-state index contributed by atoms with van der Waals surface area (Å²) in [4.78, 5) is 21.0. The third-order valence-corrected chi connectivity index (χ3v) is 6.57. The molecule has 0 saturated heterocycles. The average molecular weight is 482 g/mol. The first-order valence-corrected chi connectivity index (χ1v) is 11.5. The van der Waals surface area contributed by atoms with Crippen molar-refractivity contribution in [1.82, 2.24) is 9.97 Å². The lowest BCUT2D eigenvalue weighted by Crippen LogP contribution is -2.12. The van der Waals surface area contributed by atoms with Crippen LogP contribution in [0.25, 0.3) is 44.0 Å². The zero-order chi connectivity index (χ0) is 23.2. The third-order valence-electron chi connectivity index (χ3n) is 5.94. The molecule has 0 atom stereocenters. The van der Waals surface area contributed by atoms with Gasteiger partial charge in [0.05, 0.1) is 26.6 Å². The number of aromatic amines is 1.